The number of carbonyl (C=O) groups is 1. The Bertz CT molecular complexity index is 1060. The number of amides is 2. The van der Waals surface area contributed by atoms with Crippen LogP contribution in [-0.2, 0) is 0 Å². The molecule has 1 aromatic heterocycles. The number of carbonyl (C=O) groups excluding carboxylic acids is 1. The van der Waals surface area contributed by atoms with Gasteiger partial charge >= 0.3 is 6.03 Å². The molecule has 1 aliphatic rings. The van der Waals surface area contributed by atoms with E-state index in [9.17, 15) is 13.6 Å². The number of urea groups is 1. The van der Waals surface area contributed by atoms with Crippen LogP contribution in [0.1, 0.15) is 31.2 Å². The normalized spacial score (nSPS) is 16.4. The highest BCUT2D eigenvalue weighted by Crippen LogP contribution is 2.32. The van der Waals surface area contributed by atoms with Gasteiger partial charge in [0.05, 0.1) is 7.11 Å². The Morgan fingerprint density at radius 2 is 2.07 bits per heavy atom. The minimum Gasteiger partial charge on any atom is -0.497 e. The van der Waals surface area contributed by atoms with Gasteiger partial charge in [-0.05, 0) is 43.5 Å². The Morgan fingerprint density at radius 1 is 1.20 bits per heavy atom. The van der Waals surface area contributed by atoms with E-state index in [2.05, 4.69) is 15.5 Å². The maximum atomic E-state index is 13.4. The molecule has 1 atom stereocenters. The Labute approximate surface area is 171 Å². The summed E-state index contributed by atoms with van der Waals surface area (Å²) in [5.74, 6) is -0.602. The van der Waals surface area contributed by atoms with Crippen molar-refractivity contribution in [3.63, 3.8) is 0 Å². The molecule has 2 amide bonds. The van der Waals surface area contributed by atoms with Gasteiger partial charge in [-0.3, -0.25) is 0 Å². The van der Waals surface area contributed by atoms with E-state index in [1.54, 1.807) is 18.1 Å². The molecule has 2 aromatic carbocycles. The Kier molecular flexibility index (Phi) is 5.60. The molecule has 0 bridgehead atoms. The zero-order valence-corrected chi connectivity index (χ0v) is 16.3. The SMILES string of the molecule is COc1cccc(-c2noc([C@H]3CCCCN3C(=O)Nc3ccc(F)c(F)c3)n2)c1. The quantitative estimate of drug-likeness (QED) is 0.664. The number of anilines is 1. The molecule has 0 saturated carbocycles. The molecule has 4 rings (SSSR count). The van der Waals surface area contributed by atoms with E-state index in [0.29, 0.717) is 30.4 Å². The predicted octanol–water partition coefficient (Wildman–Crippen LogP) is 4.78. The second kappa shape index (κ2) is 8.48. The first kappa shape index (κ1) is 19.8. The standard InChI is InChI=1S/C21H20F2N4O3/c1-29-15-6-4-5-13(11-15)19-25-20(30-26-19)18-7-2-3-10-27(18)21(28)24-14-8-9-16(22)17(23)12-14/h4-6,8-9,11-12,18H,2-3,7,10H2,1H3,(H,24,28)/t18-/m1/s1. The number of hydrogen-bond donors (Lipinski definition) is 1. The molecule has 0 spiro atoms. The fourth-order valence-electron chi connectivity index (χ4n) is 3.45. The van der Waals surface area contributed by atoms with Gasteiger partial charge in [-0.25, -0.2) is 13.6 Å². The number of aromatic nitrogens is 2. The number of likely N-dealkylation sites (tertiary alicyclic amines) is 1. The minimum atomic E-state index is -1.03. The molecule has 2 heterocycles. The van der Waals surface area contributed by atoms with E-state index in [4.69, 9.17) is 9.26 Å². The van der Waals surface area contributed by atoms with Crippen molar-refractivity contribution in [3.8, 4) is 17.1 Å². The second-order valence-corrected chi connectivity index (χ2v) is 6.95. The lowest BCUT2D eigenvalue weighted by Gasteiger charge is -2.33. The van der Waals surface area contributed by atoms with Crippen LogP contribution in [0, 0.1) is 11.6 Å². The molecule has 9 heteroatoms. The zero-order valence-electron chi connectivity index (χ0n) is 16.3. The van der Waals surface area contributed by atoms with Gasteiger partial charge in [0.25, 0.3) is 0 Å². The highest BCUT2D eigenvalue weighted by molar-refractivity contribution is 5.89. The third kappa shape index (κ3) is 4.10. The lowest BCUT2D eigenvalue weighted by atomic mass is 10.0. The van der Waals surface area contributed by atoms with Gasteiger partial charge in [-0.2, -0.15) is 4.98 Å². The van der Waals surface area contributed by atoms with Crippen molar-refractivity contribution in [1.29, 1.82) is 0 Å². The lowest BCUT2D eigenvalue weighted by molar-refractivity contribution is 0.142. The first-order chi connectivity index (χ1) is 14.5. The summed E-state index contributed by atoms with van der Waals surface area (Å²) in [6, 6.07) is 9.65. The Balaban J connectivity index is 1.54. The molecule has 0 radical (unpaired) electrons. The van der Waals surface area contributed by atoms with Gasteiger partial charge < -0.3 is 19.5 Å². The first-order valence-electron chi connectivity index (χ1n) is 9.56. The zero-order chi connectivity index (χ0) is 21.1. The summed E-state index contributed by atoms with van der Waals surface area (Å²) in [4.78, 5) is 18.9. The number of ether oxygens (including phenoxy) is 1. The number of nitrogens with one attached hydrogen (secondary N) is 1. The average Bonchev–Trinajstić information content (AvgIpc) is 3.26. The second-order valence-electron chi connectivity index (χ2n) is 6.95. The third-order valence-electron chi connectivity index (χ3n) is 4.99. The summed E-state index contributed by atoms with van der Waals surface area (Å²) in [5.41, 5.74) is 0.906. The molecule has 1 N–H and O–H groups in total. The summed E-state index contributed by atoms with van der Waals surface area (Å²) in [6.45, 7) is 0.483. The number of hydrogen-bond acceptors (Lipinski definition) is 5. The maximum absolute atomic E-state index is 13.4. The van der Waals surface area contributed by atoms with Crippen LogP contribution in [-0.4, -0.2) is 34.7 Å². The summed E-state index contributed by atoms with van der Waals surface area (Å²) >= 11 is 0. The minimum absolute atomic E-state index is 0.172. The fraction of sp³-hybridized carbons (Fsp3) is 0.286. The summed E-state index contributed by atoms with van der Waals surface area (Å²) in [6.07, 6.45) is 2.38. The molecule has 1 aliphatic heterocycles. The molecule has 0 unspecified atom stereocenters. The summed E-state index contributed by atoms with van der Waals surface area (Å²) in [7, 11) is 1.58. The van der Waals surface area contributed by atoms with Crippen molar-refractivity contribution < 1.29 is 22.8 Å². The van der Waals surface area contributed by atoms with Gasteiger partial charge in [0.15, 0.2) is 11.6 Å². The molecule has 1 saturated heterocycles. The van der Waals surface area contributed by atoms with E-state index in [-0.39, 0.29) is 5.69 Å². The predicted molar refractivity (Wildman–Crippen MR) is 105 cm³/mol. The van der Waals surface area contributed by atoms with Crippen LogP contribution in [0.3, 0.4) is 0 Å². The smallest absolute Gasteiger partial charge is 0.322 e. The van der Waals surface area contributed by atoms with Crippen molar-refractivity contribution >= 4 is 11.7 Å². The van der Waals surface area contributed by atoms with Crippen LogP contribution in [0.2, 0.25) is 0 Å². The molecule has 30 heavy (non-hydrogen) atoms. The van der Waals surface area contributed by atoms with Gasteiger partial charge in [0.1, 0.15) is 11.8 Å². The van der Waals surface area contributed by atoms with Crippen LogP contribution in [0.25, 0.3) is 11.4 Å². The number of piperidine rings is 1. The topological polar surface area (TPSA) is 80.5 Å². The molecular weight excluding hydrogens is 394 g/mol. The van der Waals surface area contributed by atoms with Crippen LogP contribution in [0.5, 0.6) is 5.75 Å². The fourth-order valence-corrected chi connectivity index (χ4v) is 3.45. The largest absolute Gasteiger partial charge is 0.497 e. The highest BCUT2D eigenvalue weighted by Gasteiger charge is 2.32. The molecule has 1 fully saturated rings. The molecule has 0 aliphatic carbocycles. The van der Waals surface area contributed by atoms with Crippen molar-refractivity contribution in [3.05, 3.63) is 60.0 Å². The van der Waals surface area contributed by atoms with Crippen molar-refractivity contribution in [2.75, 3.05) is 19.0 Å². The number of halogens is 2. The Morgan fingerprint density at radius 3 is 2.87 bits per heavy atom. The van der Waals surface area contributed by atoms with E-state index in [1.807, 2.05) is 18.2 Å². The van der Waals surface area contributed by atoms with Crippen LogP contribution < -0.4 is 10.1 Å². The van der Waals surface area contributed by atoms with Gasteiger partial charge in [0, 0.05) is 23.9 Å². The van der Waals surface area contributed by atoms with Crippen molar-refractivity contribution in [1.82, 2.24) is 15.0 Å². The monoisotopic (exact) mass is 414 g/mol. The van der Waals surface area contributed by atoms with Crippen LogP contribution in [0.4, 0.5) is 19.3 Å². The van der Waals surface area contributed by atoms with E-state index in [1.165, 1.54) is 6.07 Å². The van der Waals surface area contributed by atoms with Gasteiger partial charge in [0.2, 0.25) is 11.7 Å². The summed E-state index contributed by atoms with van der Waals surface area (Å²) in [5, 5.41) is 6.65. The highest BCUT2D eigenvalue weighted by atomic mass is 19.2. The van der Waals surface area contributed by atoms with E-state index in [0.717, 1.165) is 30.5 Å². The molecule has 156 valence electrons. The van der Waals surface area contributed by atoms with Crippen LogP contribution >= 0.6 is 0 Å². The van der Waals surface area contributed by atoms with Crippen LogP contribution in [0.15, 0.2) is 47.0 Å². The lowest BCUT2D eigenvalue weighted by Crippen LogP contribution is -2.41. The molecular formula is C21H20F2N4O3. The van der Waals surface area contributed by atoms with E-state index >= 15 is 0 Å². The molecule has 7 nitrogen and oxygen atoms in total. The number of methoxy groups -OCH3 is 1. The van der Waals surface area contributed by atoms with Crippen molar-refractivity contribution in [2.45, 2.75) is 25.3 Å². The van der Waals surface area contributed by atoms with Crippen molar-refractivity contribution in [2.24, 2.45) is 0 Å². The third-order valence-corrected chi connectivity index (χ3v) is 4.99. The number of benzene rings is 2. The molecule has 3 aromatic rings. The Hall–Kier alpha value is -3.49. The van der Waals surface area contributed by atoms with Gasteiger partial charge in [-0.15, -0.1) is 0 Å². The first-order valence-corrected chi connectivity index (χ1v) is 9.56. The summed E-state index contributed by atoms with van der Waals surface area (Å²) < 4.78 is 37.3. The number of rotatable bonds is 4. The number of nitrogens with zero attached hydrogens (tertiary/aromatic N) is 3. The van der Waals surface area contributed by atoms with Gasteiger partial charge in [-0.1, -0.05) is 17.3 Å². The van der Waals surface area contributed by atoms with E-state index < -0.39 is 23.7 Å². The average molecular weight is 414 g/mol. The maximum Gasteiger partial charge on any atom is 0.322 e.